The molecule has 1 rings (SSSR count). The lowest BCUT2D eigenvalue weighted by molar-refractivity contribution is 0.00654. The van der Waals surface area contributed by atoms with Crippen LogP contribution in [0, 0.1) is 5.92 Å². The first-order valence-electron chi connectivity index (χ1n) is 8.39. The first kappa shape index (κ1) is 19.2. The Morgan fingerprint density at radius 3 is 2.27 bits per heavy atom. The monoisotopic (exact) mass is 314 g/mol. The van der Waals surface area contributed by atoms with E-state index in [1.54, 1.807) is 4.90 Å². The van der Waals surface area contributed by atoms with Gasteiger partial charge in [-0.25, -0.2) is 4.79 Å². The molecule has 0 spiro atoms. The molecule has 1 aliphatic rings. The van der Waals surface area contributed by atoms with Crippen LogP contribution >= 0.6 is 0 Å². The third-order valence-electron chi connectivity index (χ3n) is 3.41. The third-order valence-corrected chi connectivity index (χ3v) is 3.41. The zero-order valence-electron chi connectivity index (χ0n) is 15.2. The van der Waals surface area contributed by atoms with Crippen molar-refractivity contribution in [2.75, 3.05) is 32.8 Å². The van der Waals surface area contributed by atoms with Crippen LogP contribution in [0.5, 0.6) is 0 Å². The van der Waals surface area contributed by atoms with E-state index >= 15 is 0 Å². The Labute approximate surface area is 135 Å². The normalized spacial score (nSPS) is 15.7. The highest BCUT2D eigenvalue weighted by Gasteiger charge is 2.30. The van der Waals surface area contributed by atoms with Crippen LogP contribution in [0.1, 0.15) is 54.4 Å². The number of amides is 1. The molecule has 5 heteroatoms. The van der Waals surface area contributed by atoms with Gasteiger partial charge in [0, 0.05) is 31.8 Å². The first-order valence-corrected chi connectivity index (χ1v) is 8.39. The molecular weight excluding hydrogens is 280 g/mol. The summed E-state index contributed by atoms with van der Waals surface area (Å²) in [6.45, 7) is 15.6. The van der Waals surface area contributed by atoms with E-state index in [4.69, 9.17) is 9.47 Å². The van der Waals surface area contributed by atoms with Crippen molar-refractivity contribution in [3.05, 3.63) is 0 Å². The molecule has 1 aliphatic carbocycles. The van der Waals surface area contributed by atoms with Crippen LogP contribution in [0.3, 0.4) is 0 Å². The fourth-order valence-corrected chi connectivity index (χ4v) is 2.01. The summed E-state index contributed by atoms with van der Waals surface area (Å²) in [5.41, 5.74) is -0.725. The molecule has 0 aromatic rings. The molecular formula is C17H34N2O3. The van der Waals surface area contributed by atoms with Gasteiger partial charge in [-0.1, -0.05) is 0 Å². The van der Waals surface area contributed by atoms with Crippen LogP contribution in [0.2, 0.25) is 0 Å². The van der Waals surface area contributed by atoms with Gasteiger partial charge in [0.1, 0.15) is 5.60 Å². The maximum atomic E-state index is 12.3. The summed E-state index contributed by atoms with van der Waals surface area (Å²) in [5, 5.41) is 3.33. The Kier molecular flexibility index (Phi) is 7.13. The van der Waals surface area contributed by atoms with E-state index < -0.39 is 5.60 Å². The number of nitrogens with one attached hydrogen (secondary N) is 1. The van der Waals surface area contributed by atoms with Gasteiger partial charge in [0.25, 0.3) is 0 Å². The molecule has 0 saturated heterocycles. The van der Waals surface area contributed by atoms with Crippen molar-refractivity contribution in [2.45, 2.75) is 65.5 Å². The van der Waals surface area contributed by atoms with E-state index in [9.17, 15) is 4.79 Å². The molecule has 0 atom stereocenters. The molecule has 130 valence electrons. The van der Waals surface area contributed by atoms with Crippen LogP contribution in [-0.2, 0) is 9.47 Å². The predicted molar refractivity (Wildman–Crippen MR) is 89.1 cm³/mol. The molecule has 0 aromatic carbocycles. The maximum Gasteiger partial charge on any atom is 0.410 e. The third kappa shape index (κ3) is 8.59. The highest BCUT2D eigenvalue weighted by Crippen LogP contribution is 2.28. The van der Waals surface area contributed by atoms with Gasteiger partial charge >= 0.3 is 6.09 Å². The quantitative estimate of drug-likeness (QED) is 0.700. The van der Waals surface area contributed by atoms with Gasteiger partial charge < -0.3 is 19.7 Å². The van der Waals surface area contributed by atoms with Gasteiger partial charge in [0.2, 0.25) is 0 Å². The molecule has 1 saturated carbocycles. The lowest BCUT2D eigenvalue weighted by Gasteiger charge is -2.36. The minimum atomic E-state index is -0.468. The molecule has 0 aliphatic heterocycles. The van der Waals surface area contributed by atoms with Crippen LogP contribution < -0.4 is 5.32 Å². The van der Waals surface area contributed by atoms with Crippen LogP contribution in [0.15, 0.2) is 0 Å². The topological polar surface area (TPSA) is 50.8 Å². The highest BCUT2D eigenvalue weighted by molar-refractivity contribution is 5.69. The van der Waals surface area contributed by atoms with Crippen molar-refractivity contribution < 1.29 is 14.3 Å². The molecule has 22 heavy (non-hydrogen) atoms. The smallest absolute Gasteiger partial charge is 0.410 e. The van der Waals surface area contributed by atoms with Crippen LogP contribution in [-0.4, -0.2) is 55.0 Å². The first-order chi connectivity index (χ1) is 10.1. The Balaban J connectivity index is 2.24. The van der Waals surface area contributed by atoms with E-state index in [1.165, 1.54) is 12.8 Å². The molecule has 5 nitrogen and oxygen atoms in total. The number of nitrogens with zero attached hydrogens (tertiary/aromatic N) is 1. The highest BCUT2D eigenvalue weighted by atomic mass is 16.6. The number of hydrogen-bond donors (Lipinski definition) is 1. The van der Waals surface area contributed by atoms with Crippen LogP contribution in [0.4, 0.5) is 4.79 Å². The largest absolute Gasteiger partial charge is 0.444 e. The predicted octanol–water partition coefficient (Wildman–Crippen LogP) is 3.04. The molecule has 1 fully saturated rings. The van der Waals surface area contributed by atoms with E-state index in [0.29, 0.717) is 6.54 Å². The maximum absolute atomic E-state index is 12.3. The summed E-state index contributed by atoms with van der Waals surface area (Å²) in [7, 11) is 0. The Bertz CT molecular complexity index is 341. The second-order valence-electron chi connectivity index (χ2n) is 8.07. The van der Waals surface area contributed by atoms with Crippen molar-refractivity contribution in [3.8, 4) is 0 Å². The van der Waals surface area contributed by atoms with Gasteiger partial charge in [-0.3, -0.25) is 0 Å². The summed E-state index contributed by atoms with van der Waals surface area (Å²) in [6.07, 6.45) is 2.39. The zero-order valence-corrected chi connectivity index (χ0v) is 15.2. The molecule has 0 radical (unpaired) electrons. The van der Waals surface area contributed by atoms with Crippen molar-refractivity contribution in [1.29, 1.82) is 0 Å². The molecule has 0 bridgehead atoms. The van der Waals surface area contributed by atoms with Gasteiger partial charge in [0.15, 0.2) is 0 Å². The Morgan fingerprint density at radius 2 is 1.77 bits per heavy atom. The van der Waals surface area contributed by atoms with Crippen molar-refractivity contribution in [2.24, 2.45) is 5.92 Å². The Morgan fingerprint density at radius 1 is 1.14 bits per heavy atom. The molecule has 1 N–H and O–H groups in total. The van der Waals surface area contributed by atoms with E-state index in [0.717, 1.165) is 32.2 Å². The van der Waals surface area contributed by atoms with Crippen LogP contribution in [0.25, 0.3) is 0 Å². The number of carbonyl (C=O) groups is 1. The fraction of sp³-hybridized carbons (Fsp3) is 0.941. The van der Waals surface area contributed by atoms with Gasteiger partial charge in [0.05, 0.1) is 6.61 Å². The lowest BCUT2D eigenvalue weighted by Crippen LogP contribution is -2.50. The fourth-order valence-electron chi connectivity index (χ4n) is 2.01. The Hall–Kier alpha value is -0.810. The average Bonchev–Trinajstić information content (AvgIpc) is 3.12. The van der Waals surface area contributed by atoms with Crippen molar-refractivity contribution in [1.82, 2.24) is 10.2 Å². The number of rotatable bonds is 8. The summed E-state index contributed by atoms with van der Waals surface area (Å²) in [6, 6.07) is 0. The van der Waals surface area contributed by atoms with Gasteiger partial charge in [-0.05, 0) is 60.3 Å². The lowest BCUT2D eigenvalue weighted by atomic mass is 10.1. The van der Waals surface area contributed by atoms with Gasteiger partial charge in [-0.2, -0.15) is 0 Å². The number of ether oxygens (including phenoxy) is 2. The summed E-state index contributed by atoms with van der Waals surface area (Å²) >= 11 is 0. The second kappa shape index (κ2) is 8.16. The molecule has 0 unspecified atom stereocenters. The average molecular weight is 314 g/mol. The zero-order chi connectivity index (χ0) is 16.8. The molecule has 0 heterocycles. The summed E-state index contributed by atoms with van der Waals surface area (Å²) < 4.78 is 11.1. The minimum Gasteiger partial charge on any atom is -0.444 e. The second-order valence-corrected chi connectivity index (χ2v) is 8.07. The summed E-state index contributed by atoms with van der Waals surface area (Å²) in [5.74, 6) is 0.809. The minimum absolute atomic E-state index is 0.257. The standard InChI is InChI=1S/C17H34N2O3/c1-16(2,3)19(15(20)22-17(4,5)6)11-9-18-10-12-21-13-14-7-8-14/h14,18H,7-13H2,1-6H3. The number of carbonyl (C=O) groups excluding carboxylic acids is 1. The summed E-state index contributed by atoms with van der Waals surface area (Å²) in [4.78, 5) is 14.1. The SMILES string of the molecule is CC(C)(C)OC(=O)N(CCNCCOCC1CC1)C(C)(C)C. The molecule has 1 amide bonds. The van der Waals surface area contributed by atoms with Gasteiger partial charge in [-0.15, -0.1) is 0 Å². The van der Waals surface area contributed by atoms with Crippen molar-refractivity contribution >= 4 is 6.09 Å². The number of hydrogen-bond acceptors (Lipinski definition) is 4. The van der Waals surface area contributed by atoms with E-state index in [2.05, 4.69) is 5.32 Å². The van der Waals surface area contributed by atoms with E-state index in [-0.39, 0.29) is 11.6 Å². The van der Waals surface area contributed by atoms with Crippen molar-refractivity contribution in [3.63, 3.8) is 0 Å². The van der Waals surface area contributed by atoms with E-state index in [1.807, 2.05) is 41.5 Å². The molecule has 0 aromatic heterocycles.